The van der Waals surface area contributed by atoms with Crippen molar-refractivity contribution in [2.24, 2.45) is 11.8 Å². The van der Waals surface area contributed by atoms with Crippen LogP contribution in [-0.4, -0.2) is 13.2 Å². The van der Waals surface area contributed by atoms with E-state index in [0.29, 0.717) is 42.1 Å². The topological polar surface area (TPSA) is 18.5 Å². The van der Waals surface area contributed by atoms with Crippen molar-refractivity contribution >= 4 is 0 Å². The van der Waals surface area contributed by atoms with Gasteiger partial charge in [-0.25, -0.2) is 0 Å². The molecule has 0 bridgehead atoms. The van der Waals surface area contributed by atoms with Gasteiger partial charge in [0.05, 0.1) is 13.2 Å². The first-order chi connectivity index (χ1) is 13.6. The monoisotopic (exact) mass is 382 g/mol. The molecule has 2 nitrogen and oxygen atoms in total. The quantitative estimate of drug-likeness (QED) is 0.328. The van der Waals surface area contributed by atoms with Crippen molar-refractivity contribution in [1.82, 2.24) is 0 Å². The molecule has 2 heteroatoms. The normalized spacial score (nSPS) is 12.6. The van der Waals surface area contributed by atoms with Gasteiger partial charge in [0.1, 0.15) is 17.1 Å². The Morgan fingerprint density at radius 1 is 0.786 bits per heavy atom. The maximum Gasteiger partial charge on any atom is 0.139 e. The average molecular weight is 383 g/mol. The summed E-state index contributed by atoms with van der Waals surface area (Å²) in [6.07, 6.45) is 20.9. The first kappa shape index (κ1) is 24.0. The molecule has 0 fully saturated rings. The summed E-state index contributed by atoms with van der Waals surface area (Å²) < 4.78 is 12.3. The fourth-order valence-electron chi connectivity index (χ4n) is 3.25. The highest BCUT2D eigenvalue weighted by molar-refractivity contribution is 5.59. The zero-order valence-corrected chi connectivity index (χ0v) is 18.4. The van der Waals surface area contributed by atoms with E-state index in [2.05, 4.69) is 39.5 Å². The van der Waals surface area contributed by atoms with Crippen molar-refractivity contribution in [3.63, 3.8) is 0 Å². The number of hydrogen-bond acceptors (Lipinski definition) is 2. The summed E-state index contributed by atoms with van der Waals surface area (Å²) >= 11 is 0. The Labute approximate surface area is 173 Å². The van der Waals surface area contributed by atoms with Gasteiger partial charge in [-0.1, -0.05) is 78.1 Å². The summed E-state index contributed by atoms with van der Waals surface area (Å²) in [5.41, 5.74) is 1.42. The molecule has 28 heavy (non-hydrogen) atoms. The molecule has 0 saturated heterocycles. The lowest BCUT2D eigenvalue weighted by molar-refractivity contribution is 0.222. The van der Waals surface area contributed by atoms with E-state index in [0.717, 1.165) is 18.4 Å². The average Bonchev–Trinajstić information content (AvgIpc) is 2.73. The Morgan fingerprint density at radius 3 is 1.57 bits per heavy atom. The molecule has 0 aliphatic rings. The third-order valence-corrected chi connectivity index (χ3v) is 5.41. The summed E-state index contributed by atoms with van der Waals surface area (Å²) in [4.78, 5) is 0. The summed E-state index contributed by atoms with van der Waals surface area (Å²) in [7, 11) is 0. The van der Waals surface area contributed by atoms with Gasteiger partial charge in [-0.2, -0.15) is 0 Å². The van der Waals surface area contributed by atoms with Crippen molar-refractivity contribution in [2.45, 2.75) is 79.1 Å². The van der Waals surface area contributed by atoms with Gasteiger partial charge in [0.2, 0.25) is 0 Å². The fraction of sp³-hybridized carbons (Fsp3) is 0.615. The van der Waals surface area contributed by atoms with Gasteiger partial charge in [0.25, 0.3) is 0 Å². The molecule has 0 saturated carbocycles. The van der Waals surface area contributed by atoms with Crippen molar-refractivity contribution in [3.8, 4) is 36.2 Å². The number of hydrogen-bond donors (Lipinski definition) is 0. The van der Waals surface area contributed by atoms with Crippen LogP contribution < -0.4 is 9.47 Å². The van der Waals surface area contributed by atoms with E-state index in [1.165, 1.54) is 38.5 Å². The molecule has 154 valence electrons. The van der Waals surface area contributed by atoms with Crippen LogP contribution >= 0.6 is 0 Å². The van der Waals surface area contributed by atoms with E-state index in [1.54, 1.807) is 0 Å². The Balaban J connectivity index is 2.94. The number of ether oxygens (including phenoxy) is 2. The Bertz CT molecular complexity index is 606. The molecule has 0 spiro atoms. The van der Waals surface area contributed by atoms with E-state index >= 15 is 0 Å². The largest absolute Gasteiger partial charge is 0.492 e. The highest BCUT2D eigenvalue weighted by atomic mass is 16.5. The van der Waals surface area contributed by atoms with E-state index in [9.17, 15) is 0 Å². The standard InChI is InChI=1S/C26H38O2/c1-7-13-15-21(9-3)19-27-25-17-23(11-5)18-26(24(25)12-6)28-20-22(10-4)16-14-8-2/h5-6,17-18,21-22H,7-10,13-16,19-20H2,1-4H3. The summed E-state index contributed by atoms with van der Waals surface area (Å²) in [5.74, 6) is 7.87. The predicted octanol–water partition coefficient (Wildman–Crippen LogP) is 6.84. The highest BCUT2D eigenvalue weighted by Crippen LogP contribution is 2.31. The van der Waals surface area contributed by atoms with Crippen LogP contribution in [0.1, 0.15) is 90.2 Å². The van der Waals surface area contributed by atoms with Crippen LogP contribution in [0.3, 0.4) is 0 Å². The van der Waals surface area contributed by atoms with Gasteiger partial charge >= 0.3 is 0 Å². The zero-order chi connectivity index (χ0) is 20.8. The fourth-order valence-corrected chi connectivity index (χ4v) is 3.25. The van der Waals surface area contributed by atoms with Gasteiger partial charge in [0.15, 0.2) is 0 Å². The third-order valence-electron chi connectivity index (χ3n) is 5.41. The van der Waals surface area contributed by atoms with Crippen LogP contribution in [0, 0.1) is 36.5 Å². The second-order valence-electron chi connectivity index (χ2n) is 7.59. The number of terminal acetylenes is 2. The first-order valence-electron chi connectivity index (χ1n) is 11.0. The van der Waals surface area contributed by atoms with Crippen molar-refractivity contribution in [1.29, 1.82) is 0 Å². The molecular formula is C26H38O2. The zero-order valence-electron chi connectivity index (χ0n) is 18.4. The number of benzene rings is 1. The van der Waals surface area contributed by atoms with Gasteiger partial charge < -0.3 is 9.47 Å². The molecule has 0 aromatic heterocycles. The van der Waals surface area contributed by atoms with Crippen LogP contribution in [0.25, 0.3) is 0 Å². The van der Waals surface area contributed by atoms with E-state index in [1.807, 2.05) is 12.1 Å². The van der Waals surface area contributed by atoms with Gasteiger partial charge in [-0.3, -0.25) is 0 Å². The summed E-state index contributed by atoms with van der Waals surface area (Å²) in [6, 6.07) is 3.73. The molecule has 1 aromatic carbocycles. The number of rotatable bonds is 14. The van der Waals surface area contributed by atoms with Crippen LogP contribution in [0.5, 0.6) is 11.5 Å². The minimum absolute atomic E-state index is 0.531. The smallest absolute Gasteiger partial charge is 0.139 e. The van der Waals surface area contributed by atoms with Gasteiger partial charge in [-0.15, -0.1) is 12.8 Å². The molecule has 2 atom stereocenters. The lowest BCUT2D eigenvalue weighted by Crippen LogP contribution is -2.14. The molecule has 0 aliphatic heterocycles. The maximum absolute atomic E-state index is 6.14. The third kappa shape index (κ3) is 7.90. The van der Waals surface area contributed by atoms with Crippen LogP contribution in [0.4, 0.5) is 0 Å². The van der Waals surface area contributed by atoms with Gasteiger partial charge in [-0.05, 0) is 36.8 Å². The Kier molecular flexibility index (Phi) is 12.0. The molecule has 0 amide bonds. The summed E-state index contributed by atoms with van der Waals surface area (Å²) in [6.45, 7) is 10.2. The van der Waals surface area contributed by atoms with Gasteiger partial charge in [0, 0.05) is 5.56 Å². The van der Waals surface area contributed by atoms with Crippen molar-refractivity contribution in [2.75, 3.05) is 13.2 Å². The second-order valence-corrected chi connectivity index (χ2v) is 7.59. The Morgan fingerprint density at radius 2 is 1.25 bits per heavy atom. The molecule has 0 radical (unpaired) electrons. The summed E-state index contributed by atoms with van der Waals surface area (Å²) in [5, 5.41) is 0. The molecule has 0 aliphatic carbocycles. The molecule has 0 heterocycles. The lowest BCUT2D eigenvalue weighted by atomic mass is 10.00. The second kappa shape index (κ2) is 14.0. The molecular weight excluding hydrogens is 344 g/mol. The van der Waals surface area contributed by atoms with E-state index in [4.69, 9.17) is 22.3 Å². The van der Waals surface area contributed by atoms with Crippen molar-refractivity contribution in [3.05, 3.63) is 23.3 Å². The van der Waals surface area contributed by atoms with Crippen molar-refractivity contribution < 1.29 is 9.47 Å². The molecule has 1 rings (SSSR count). The van der Waals surface area contributed by atoms with E-state index < -0.39 is 0 Å². The molecule has 1 aromatic rings. The predicted molar refractivity (Wildman–Crippen MR) is 120 cm³/mol. The highest BCUT2D eigenvalue weighted by Gasteiger charge is 2.15. The maximum atomic E-state index is 6.14. The number of unbranched alkanes of at least 4 members (excludes halogenated alkanes) is 2. The van der Waals surface area contributed by atoms with Crippen LogP contribution in [-0.2, 0) is 0 Å². The minimum atomic E-state index is 0.531. The molecule has 0 N–H and O–H groups in total. The van der Waals surface area contributed by atoms with E-state index in [-0.39, 0.29) is 0 Å². The Hall–Kier alpha value is -2.06. The van der Waals surface area contributed by atoms with Crippen LogP contribution in [0.2, 0.25) is 0 Å². The lowest BCUT2D eigenvalue weighted by Gasteiger charge is -2.20. The van der Waals surface area contributed by atoms with Crippen LogP contribution in [0.15, 0.2) is 12.1 Å². The molecule has 2 unspecified atom stereocenters. The first-order valence-corrected chi connectivity index (χ1v) is 11.0. The minimum Gasteiger partial charge on any atom is -0.492 e. The SMILES string of the molecule is C#Cc1cc(OCC(CC)CCCC)c(C#C)c(OCC(CC)CCCC)c1.